The zero-order valence-electron chi connectivity index (χ0n) is 18.6. The molecule has 0 amide bonds. The largest absolute Gasteiger partial charge is 0.490 e. The van der Waals surface area contributed by atoms with Crippen LogP contribution < -0.4 is 18.9 Å². The average molecular weight is 427 g/mol. The lowest BCUT2D eigenvalue weighted by molar-refractivity contribution is 0.287. The standard InChI is InChI=1S/C24H30N2O5/c1-5-28-19-10-9-17(14-20(19)29-6-2)23(26-27)24-18-15-22(31-8-4)21(30-7-3)13-16(18)11-12-25-24/h9-10,13-15,27H,5-8,11-12H2,1-4H3. The molecule has 0 radical (unpaired) electrons. The first-order chi connectivity index (χ1) is 15.2. The highest BCUT2D eigenvalue weighted by atomic mass is 16.5. The third-order valence-corrected chi connectivity index (χ3v) is 4.82. The Morgan fingerprint density at radius 1 is 0.839 bits per heavy atom. The molecule has 2 aromatic carbocycles. The molecule has 0 unspecified atom stereocenters. The van der Waals surface area contributed by atoms with Crippen molar-refractivity contribution >= 4 is 11.4 Å². The fourth-order valence-electron chi connectivity index (χ4n) is 3.58. The van der Waals surface area contributed by atoms with Gasteiger partial charge in [0.05, 0.1) is 32.1 Å². The molecule has 0 spiro atoms. The molecule has 0 aromatic heterocycles. The summed E-state index contributed by atoms with van der Waals surface area (Å²) in [5.41, 5.74) is 3.62. The summed E-state index contributed by atoms with van der Waals surface area (Å²) in [4.78, 5) is 4.69. The van der Waals surface area contributed by atoms with Gasteiger partial charge in [-0.25, -0.2) is 0 Å². The molecule has 0 atom stereocenters. The van der Waals surface area contributed by atoms with Gasteiger partial charge in [-0.2, -0.15) is 0 Å². The third-order valence-electron chi connectivity index (χ3n) is 4.82. The van der Waals surface area contributed by atoms with Crippen molar-refractivity contribution in [3.05, 3.63) is 47.0 Å². The molecule has 0 bridgehead atoms. The van der Waals surface area contributed by atoms with Crippen molar-refractivity contribution in [1.29, 1.82) is 0 Å². The highest BCUT2D eigenvalue weighted by Gasteiger charge is 2.24. The molecule has 166 valence electrons. The lowest BCUT2D eigenvalue weighted by Crippen LogP contribution is -2.23. The van der Waals surface area contributed by atoms with Gasteiger partial charge in [-0.1, -0.05) is 5.16 Å². The number of rotatable bonds is 10. The zero-order valence-corrected chi connectivity index (χ0v) is 18.6. The third kappa shape index (κ3) is 4.93. The fourth-order valence-corrected chi connectivity index (χ4v) is 3.58. The van der Waals surface area contributed by atoms with Gasteiger partial charge in [-0.3, -0.25) is 4.99 Å². The molecule has 7 nitrogen and oxygen atoms in total. The summed E-state index contributed by atoms with van der Waals surface area (Å²) >= 11 is 0. The molecule has 3 rings (SSSR count). The van der Waals surface area contributed by atoms with E-state index in [9.17, 15) is 5.21 Å². The second-order valence-electron chi connectivity index (χ2n) is 6.78. The minimum Gasteiger partial charge on any atom is -0.490 e. The highest BCUT2D eigenvalue weighted by molar-refractivity contribution is 6.54. The molecule has 1 N–H and O–H groups in total. The van der Waals surface area contributed by atoms with Gasteiger partial charge >= 0.3 is 0 Å². The molecule has 2 aromatic rings. The number of fused-ring (bicyclic) bond motifs is 1. The Kier molecular flexibility index (Phi) is 7.76. The van der Waals surface area contributed by atoms with Crippen LogP contribution in [0, 0.1) is 0 Å². The van der Waals surface area contributed by atoms with E-state index in [4.69, 9.17) is 18.9 Å². The quantitative estimate of drug-likeness (QED) is 0.344. The van der Waals surface area contributed by atoms with Crippen LogP contribution in [0.3, 0.4) is 0 Å². The van der Waals surface area contributed by atoms with Crippen molar-refractivity contribution < 1.29 is 24.2 Å². The van der Waals surface area contributed by atoms with Crippen LogP contribution in [-0.4, -0.2) is 49.6 Å². The Morgan fingerprint density at radius 3 is 2.03 bits per heavy atom. The van der Waals surface area contributed by atoms with E-state index in [1.54, 1.807) is 0 Å². The maximum absolute atomic E-state index is 9.94. The first-order valence-corrected chi connectivity index (χ1v) is 10.8. The van der Waals surface area contributed by atoms with Gasteiger partial charge in [0.2, 0.25) is 0 Å². The van der Waals surface area contributed by atoms with Gasteiger partial charge in [0.25, 0.3) is 0 Å². The molecular formula is C24H30N2O5. The van der Waals surface area contributed by atoms with Crippen LogP contribution in [0.2, 0.25) is 0 Å². The number of aliphatic imine (C=N–C) groups is 1. The van der Waals surface area contributed by atoms with E-state index in [2.05, 4.69) is 10.1 Å². The molecule has 0 saturated carbocycles. The second kappa shape index (κ2) is 10.7. The van der Waals surface area contributed by atoms with Crippen LogP contribution in [0.15, 0.2) is 40.5 Å². The number of benzene rings is 2. The smallest absolute Gasteiger partial charge is 0.161 e. The SMILES string of the molecule is CCOc1ccc(C(=NO)C2=NCCc3cc(OCC)c(OCC)cc32)cc1OCC. The van der Waals surface area contributed by atoms with Crippen LogP contribution in [0.4, 0.5) is 0 Å². The predicted molar refractivity (Wildman–Crippen MR) is 121 cm³/mol. The van der Waals surface area contributed by atoms with E-state index in [0.717, 1.165) is 17.5 Å². The molecule has 1 heterocycles. The molecule has 0 saturated heterocycles. The van der Waals surface area contributed by atoms with Crippen LogP contribution in [0.25, 0.3) is 0 Å². The Balaban J connectivity index is 2.05. The summed E-state index contributed by atoms with van der Waals surface area (Å²) in [7, 11) is 0. The van der Waals surface area contributed by atoms with Crippen molar-refractivity contribution in [2.24, 2.45) is 10.1 Å². The van der Waals surface area contributed by atoms with Gasteiger partial charge < -0.3 is 24.2 Å². The van der Waals surface area contributed by atoms with Crippen molar-refractivity contribution in [2.45, 2.75) is 34.1 Å². The monoisotopic (exact) mass is 426 g/mol. The maximum atomic E-state index is 9.94. The summed E-state index contributed by atoms with van der Waals surface area (Å²) in [6.07, 6.45) is 0.775. The van der Waals surface area contributed by atoms with Gasteiger partial charge in [0, 0.05) is 17.7 Å². The predicted octanol–water partition coefficient (Wildman–Crippen LogP) is 4.51. The minimum atomic E-state index is 0.372. The second-order valence-corrected chi connectivity index (χ2v) is 6.78. The van der Waals surface area contributed by atoms with Crippen molar-refractivity contribution in [3.8, 4) is 23.0 Å². The normalized spacial score (nSPS) is 13.3. The first kappa shape index (κ1) is 22.5. The molecule has 1 aliphatic rings. The van der Waals surface area contributed by atoms with Gasteiger partial charge in [0.1, 0.15) is 5.71 Å². The lowest BCUT2D eigenvalue weighted by atomic mass is 9.91. The number of ether oxygens (including phenoxy) is 4. The Morgan fingerprint density at radius 2 is 1.42 bits per heavy atom. The minimum absolute atomic E-state index is 0.372. The van der Waals surface area contributed by atoms with Gasteiger partial charge in [-0.05, 0) is 70.0 Å². The number of nitrogens with zero attached hydrogens (tertiary/aromatic N) is 2. The van der Waals surface area contributed by atoms with E-state index in [0.29, 0.717) is 73.0 Å². The Hall–Kier alpha value is -3.22. The molecular weight excluding hydrogens is 396 g/mol. The summed E-state index contributed by atoms with van der Waals surface area (Å²) in [6.45, 7) is 10.4. The molecule has 31 heavy (non-hydrogen) atoms. The van der Waals surface area contributed by atoms with E-state index in [1.807, 2.05) is 58.0 Å². The van der Waals surface area contributed by atoms with Crippen LogP contribution in [0.1, 0.15) is 44.4 Å². The van der Waals surface area contributed by atoms with Crippen LogP contribution in [0.5, 0.6) is 23.0 Å². The highest BCUT2D eigenvalue weighted by Crippen LogP contribution is 2.35. The molecule has 0 aliphatic carbocycles. The summed E-state index contributed by atoms with van der Waals surface area (Å²) in [5, 5.41) is 13.6. The lowest BCUT2D eigenvalue weighted by Gasteiger charge is -2.21. The Bertz CT molecular complexity index is 969. The van der Waals surface area contributed by atoms with Gasteiger partial charge in [-0.15, -0.1) is 0 Å². The topological polar surface area (TPSA) is 81.9 Å². The number of hydrogen-bond acceptors (Lipinski definition) is 7. The van der Waals surface area contributed by atoms with Crippen LogP contribution in [-0.2, 0) is 6.42 Å². The summed E-state index contributed by atoms with van der Waals surface area (Å²) in [5.74, 6) is 2.61. The van der Waals surface area contributed by atoms with E-state index >= 15 is 0 Å². The first-order valence-electron chi connectivity index (χ1n) is 10.8. The number of oxime groups is 1. The maximum Gasteiger partial charge on any atom is 0.161 e. The van der Waals surface area contributed by atoms with E-state index in [-0.39, 0.29) is 0 Å². The zero-order chi connectivity index (χ0) is 22.2. The van der Waals surface area contributed by atoms with Crippen molar-refractivity contribution in [1.82, 2.24) is 0 Å². The van der Waals surface area contributed by atoms with Gasteiger partial charge in [0.15, 0.2) is 23.0 Å². The number of hydrogen-bond donors (Lipinski definition) is 1. The molecule has 0 fully saturated rings. The summed E-state index contributed by atoms with van der Waals surface area (Å²) < 4.78 is 23.0. The summed E-state index contributed by atoms with van der Waals surface area (Å²) in [6, 6.07) is 9.40. The molecule has 1 aliphatic heterocycles. The fraction of sp³-hybridized carbons (Fsp3) is 0.417. The average Bonchev–Trinajstić information content (AvgIpc) is 2.77. The van der Waals surface area contributed by atoms with Crippen molar-refractivity contribution in [2.75, 3.05) is 33.0 Å². The van der Waals surface area contributed by atoms with Crippen molar-refractivity contribution in [3.63, 3.8) is 0 Å². The van der Waals surface area contributed by atoms with E-state index < -0.39 is 0 Å². The van der Waals surface area contributed by atoms with Crippen LogP contribution >= 0.6 is 0 Å². The Labute approximate surface area is 183 Å². The molecule has 7 heteroatoms. The van der Waals surface area contributed by atoms with E-state index in [1.165, 1.54) is 0 Å².